The molecule has 2 aromatic rings. The van der Waals surface area contributed by atoms with Crippen LogP contribution in [0, 0.1) is 6.92 Å². The molecule has 0 saturated heterocycles. The Morgan fingerprint density at radius 3 is 2.35 bits per heavy atom. The van der Waals surface area contributed by atoms with Crippen LogP contribution in [0.25, 0.3) is 0 Å². The van der Waals surface area contributed by atoms with E-state index in [4.69, 9.17) is 0 Å². The molecule has 0 radical (unpaired) electrons. The number of benzene rings is 2. The van der Waals surface area contributed by atoms with Gasteiger partial charge in [0.25, 0.3) is 5.91 Å². The van der Waals surface area contributed by atoms with Crippen molar-refractivity contribution in [2.24, 2.45) is 5.10 Å². The van der Waals surface area contributed by atoms with Crippen molar-refractivity contribution in [2.75, 3.05) is 0 Å². The van der Waals surface area contributed by atoms with Crippen molar-refractivity contribution in [2.45, 2.75) is 20.3 Å². The van der Waals surface area contributed by atoms with Crippen molar-refractivity contribution < 1.29 is 4.79 Å². The molecule has 0 aliphatic carbocycles. The molecular formula is C17H18N2O. The maximum atomic E-state index is 12.1. The maximum Gasteiger partial charge on any atom is 0.271 e. The minimum absolute atomic E-state index is 0.176. The second kappa shape index (κ2) is 6.66. The van der Waals surface area contributed by atoms with Crippen molar-refractivity contribution in [1.29, 1.82) is 0 Å². The van der Waals surface area contributed by atoms with Gasteiger partial charge in [0.05, 0.1) is 5.71 Å². The summed E-state index contributed by atoms with van der Waals surface area (Å²) in [5.41, 5.74) is 6.13. The smallest absolute Gasteiger partial charge is 0.267 e. The highest BCUT2D eigenvalue weighted by molar-refractivity contribution is 6.02. The Morgan fingerprint density at radius 2 is 1.70 bits per heavy atom. The van der Waals surface area contributed by atoms with E-state index in [9.17, 15) is 4.79 Å². The van der Waals surface area contributed by atoms with E-state index in [0.717, 1.165) is 23.3 Å². The highest BCUT2D eigenvalue weighted by Crippen LogP contribution is 2.07. The molecule has 20 heavy (non-hydrogen) atoms. The number of hydrogen-bond acceptors (Lipinski definition) is 2. The van der Waals surface area contributed by atoms with Crippen molar-refractivity contribution >= 4 is 11.6 Å². The molecule has 0 spiro atoms. The highest BCUT2D eigenvalue weighted by Gasteiger charge is 2.07. The van der Waals surface area contributed by atoms with Gasteiger partial charge < -0.3 is 0 Å². The van der Waals surface area contributed by atoms with Crippen LogP contribution in [0.2, 0.25) is 0 Å². The van der Waals surface area contributed by atoms with Crippen molar-refractivity contribution in [3.8, 4) is 0 Å². The van der Waals surface area contributed by atoms with Crippen LogP contribution in [-0.2, 0) is 0 Å². The molecule has 0 saturated carbocycles. The van der Waals surface area contributed by atoms with Crippen LogP contribution in [0.1, 0.15) is 34.8 Å². The molecule has 2 aromatic carbocycles. The summed E-state index contributed by atoms with van der Waals surface area (Å²) in [5, 5.41) is 4.25. The van der Waals surface area contributed by atoms with E-state index in [1.54, 1.807) is 6.07 Å². The fourth-order valence-corrected chi connectivity index (χ4v) is 1.98. The van der Waals surface area contributed by atoms with Gasteiger partial charge in [-0.2, -0.15) is 5.10 Å². The summed E-state index contributed by atoms with van der Waals surface area (Å²) in [6.07, 6.45) is 0.762. The topological polar surface area (TPSA) is 41.5 Å². The van der Waals surface area contributed by atoms with Gasteiger partial charge in [-0.3, -0.25) is 4.79 Å². The van der Waals surface area contributed by atoms with E-state index in [1.807, 2.05) is 62.4 Å². The average molecular weight is 266 g/mol. The Balaban J connectivity index is 2.16. The SMILES string of the molecule is CCC(=NNC(=O)c1ccccc1C)c1ccccc1. The predicted molar refractivity (Wildman–Crippen MR) is 81.9 cm³/mol. The van der Waals surface area contributed by atoms with Crippen LogP contribution in [0.5, 0.6) is 0 Å². The quantitative estimate of drug-likeness (QED) is 0.667. The summed E-state index contributed by atoms with van der Waals surface area (Å²) < 4.78 is 0. The number of hydrogen-bond donors (Lipinski definition) is 1. The fourth-order valence-electron chi connectivity index (χ4n) is 1.98. The molecule has 0 heterocycles. The molecule has 1 N–H and O–H groups in total. The van der Waals surface area contributed by atoms with Crippen molar-refractivity contribution in [3.63, 3.8) is 0 Å². The number of amides is 1. The van der Waals surface area contributed by atoms with E-state index in [-0.39, 0.29) is 5.91 Å². The lowest BCUT2D eigenvalue weighted by atomic mass is 10.1. The summed E-state index contributed by atoms with van der Waals surface area (Å²) in [4.78, 5) is 12.1. The van der Waals surface area contributed by atoms with Crippen LogP contribution in [0.3, 0.4) is 0 Å². The monoisotopic (exact) mass is 266 g/mol. The van der Waals surface area contributed by atoms with E-state index in [1.165, 1.54) is 0 Å². The molecule has 0 aliphatic rings. The van der Waals surface area contributed by atoms with Gasteiger partial charge >= 0.3 is 0 Å². The summed E-state index contributed by atoms with van der Waals surface area (Å²) >= 11 is 0. The lowest BCUT2D eigenvalue weighted by Crippen LogP contribution is -2.20. The minimum Gasteiger partial charge on any atom is -0.267 e. The minimum atomic E-state index is -0.176. The van der Waals surface area contributed by atoms with Gasteiger partial charge in [-0.25, -0.2) is 5.43 Å². The van der Waals surface area contributed by atoms with Gasteiger partial charge in [-0.15, -0.1) is 0 Å². The van der Waals surface area contributed by atoms with Crippen LogP contribution < -0.4 is 5.43 Å². The zero-order chi connectivity index (χ0) is 14.4. The molecule has 3 nitrogen and oxygen atoms in total. The molecule has 0 unspecified atom stereocenters. The van der Waals surface area contributed by atoms with Crippen LogP contribution >= 0.6 is 0 Å². The number of nitrogens with one attached hydrogen (secondary N) is 1. The van der Waals surface area contributed by atoms with Crippen LogP contribution in [-0.4, -0.2) is 11.6 Å². The number of rotatable bonds is 4. The number of hydrazone groups is 1. The molecular weight excluding hydrogens is 248 g/mol. The van der Waals surface area contributed by atoms with E-state index >= 15 is 0 Å². The molecule has 1 amide bonds. The first-order valence-electron chi connectivity index (χ1n) is 6.70. The average Bonchev–Trinajstić information content (AvgIpc) is 2.49. The summed E-state index contributed by atoms with van der Waals surface area (Å²) in [7, 11) is 0. The van der Waals surface area contributed by atoms with Gasteiger partial charge in [0.2, 0.25) is 0 Å². The number of carbonyl (C=O) groups is 1. The first-order chi connectivity index (χ1) is 9.72. The Kier molecular flexibility index (Phi) is 4.66. The van der Waals surface area contributed by atoms with E-state index in [2.05, 4.69) is 10.5 Å². The zero-order valence-electron chi connectivity index (χ0n) is 11.8. The molecule has 0 aliphatic heterocycles. The molecule has 0 atom stereocenters. The molecule has 0 aromatic heterocycles. The molecule has 102 valence electrons. The highest BCUT2D eigenvalue weighted by atomic mass is 16.2. The number of nitrogens with zero attached hydrogens (tertiary/aromatic N) is 1. The summed E-state index contributed by atoms with van der Waals surface area (Å²) in [5.74, 6) is -0.176. The first-order valence-corrected chi connectivity index (χ1v) is 6.70. The molecule has 3 heteroatoms. The molecule has 0 fully saturated rings. The summed E-state index contributed by atoms with van der Waals surface area (Å²) in [6, 6.07) is 17.3. The number of carbonyl (C=O) groups excluding carboxylic acids is 1. The van der Waals surface area contributed by atoms with Crippen molar-refractivity contribution in [1.82, 2.24) is 5.43 Å². The van der Waals surface area contributed by atoms with Gasteiger partial charge in [0.1, 0.15) is 0 Å². The third kappa shape index (κ3) is 3.32. The fraction of sp³-hybridized carbons (Fsp3) is 0.176. The Morgan fingerprint density at radius 1 is 1.05 bits per heavy atom. The second-order valence-corrected chi connectivity index (χ2v) is 4.53. The Bertz CT molecular complexity index is 618. The first kappa shape index (κ1) is 14.0. The molecule has 2 rings (SSSR count). The molecule has 0 bridgehead atoms. The van der Waals surface area contributed by atoms with Gasteiger partial charge in [0.15, 0.2) is 0 Å². The summed E-state index contributed by atoms with van der Waals surface area (Å²) in [6.45, 7) is 3.93. The third-order valence-corrected chi connectivity index (χ3v) is 3.12. The standard InChI is InChI=1S/C17H18N2O/c1-3-16(14-10-5-4-6-11-14)18-19-17(20)15-12-8-7-9-13(15)2/h4-12H,3H2,1-2H3,(H,19,20). The lowest BCUT2D eigenvalue weighted by Gasteiger charge is -2.06. The largest absolute Gasteiger partial charge is 0.271 e. The Labute approximate surface area is 119 Å². The maximum absolute atomic E-state index is 12.1. The predicted octanol–water partition coefficient (Wildman–Crippen LogP) is 3.54. The normalized spacial score (nSPS) is 11.2. The second-order valence-electron chi connectivity index (χ2n) is 4.53. The zero-order valence-corrected chi connectivity index (χ0v) is 11.8. The van der Waals surface area contributed by atoms with E-state index in [0.29, 0.717) is 5.56 Å². The third-order valence-electron chi connectivity index (χ3n) is 3.12. The van der Waals surface area contributed by atoms with Gasteiger partial charge in [-0.1, -0.05) is 55.5 Å². The Hall–Kier alpha value is -2.42. The van der Waals surface area contributed by atoms with Crippen LogP contribution in [0.15, 0.2) is 59.7 Å². The lowest BCUT2D eigenvalue weighted by molar-refractivity contribution is 0.0954. The van der Waals surface area contributed by atoms with Crippen molar-refractivity contribution in [3.05, 3.63) is 71.3 Å². The number of aryl methyl sites for hydroxylation is 1. The van der Waals surface area contributed by atoms with E-state index < -0.39 is 0 Å². The van der Waals surface area contributed by atoms with Gasteiger partial charge in [-0.05, 0) is 30.5 Å². The van der Waals surface area contributed by atoms with Crippen LogP contribution in [0.4, 0.5) is 0 Å². The van der Waals surface area contributed by atoms with Gasteiger partial charge in [0, 0.05) is 5.56 Å².